The van der Waals surface area contributed by atoms with Gasteiger partial charge in [0.25, 0.3) is 0 Å². The minimum Gasteiger partial charge on any atom is -0.374 e. The third-order valence-corrected chi connectivity index (χ3v) is 2.23. The van der Waals surface area contributed by atoms with Crippen LogP contribution in [0.3, 0.4) is 0 Å². The number of aromatic nitrogens is 2. The average molecular weight is 226 g/mol. The van der Waals surface area contributed by atoms with E-state index < -0.39 is 0 Å². The first-order chi connectivity index (χ1) is 5.54. The maximum Gasteiger partial charge on any atom is 0.176 e. The second-order valence-corrected chi connectivity index (χ2v) is 3.43. The molecule has 6 heteroatoms. The molecular weight excluding hydrogens is 220 g/mol. The van der Waals surface area contributed by atoms with E-state index in [0.717, 1.165) is 0 Å². The average Bonchev–Trinajstić information content (AvgIpc) is 1.97. The Morgan fingerprint density at radius 1 is 1.00 bits per heavy atom. The molecule has 0 aromatic carbocycles. The van der Waals surface area contributed by atoms with Gasteiger partial charge in [-0.25, -0.2) is 0 Å². The molecule has 1 heterocycles. The summed E-state index contributed by atoms with van der Waals surface area (Å²) in [4.78, 5) is 1.73. The molecule has 12 heavy (non-hydrogen) atoms. The first-order valence-corrected chi connectivity index (χ1v) is 4.22. The van der Waals surface area contributed by atoms with E-state index >= 15 is 0 Å². The molecule has 0 amide bonds. The number of halogens is 3. The fourth-order valence-electron chi connectivity index (χ4n) is 0.748. The first-order valence-electron chi connectivity index (χ1n) is 3.08. The van der Waals surface area contributed by atoms with E-state index in [4.69, 9.17) is 34.8 Å². The Morgan fingerprint density at radius 2 is 1.50 bits per heavy atom. The Bertz CT molecular complexity index is 300. The van der Waals surface area contributed by atoms with Gasteiger partial charge in [-0.3, -0.25) is 0 Å². The molecular formula is C6H6Cl3N3. The molecule has 1 aromatic rings. The summed E-state index contributed by atoms with van der Waals surface area (Å²) in [6.07, 6.45) is 0. The van der Waals surface area contributed by atoms with E-state index in [0.29, 0.717) is 10.7 Å². The van der Waals surface area contributed by atoms with Crippen LogP contribution in [-0.2, 0) is 0 Å². The zero-order valence-corrected chi connectivity index (χ0v) is 8.74. The summed E-state index contributed by atoms with van der Waals surface area (Å²) in [6, 6.07) is 0. The van der Waals surface area contributed by atoms with E-state index in [1.807, 2.05) is 0 Å². The molecule has 1 rings (SSSR count). The highest BCUT2D eigenvalue weighted by atomic mass is 35.5. The molecule has 0 bridgehead atoms. The van der Waals surface area contributed by atoms with Crippen LogP contribution in [0.15, 0.2) is 0 Å². The van der Waals surface area contributed by atoms with Crippen LogP contribution in [0.4, 0.5) is 5.69 Å². The van der Waals surface area contributed by atoms with E-state index in [2.05, 4.69) is 10.2 Å². The second kappa shape index (κ2) is 3.64. The van der Waals surface area contributed by atoms with E-state index in [-0.39, 0.29) is 10.3 Å². The van der Waals surface area contributed by atoms with Gasteiger partial charge in [0.1, 0.15) is 5.02 Å². The minimum atomic E-state index is 0.157. The maximum absolute atomic E-state index is 5.83. The van der Waals surface area contributed by atoms with Gasteiger partial charge in [0, 0.05) is 14.1 Å². The van der Waals surface area contributed by atoms with E-state index in [1.54, 1.807) is 19.0 Å². The fraction of sp³-hybridized carbons (Fsp3) is 0.333. The highest BCUT2D eigenvalue weighted by Gasteiger charge is 2.13. The van der Waals surface area contributed by atoms with Crippen molar-refractivity contribution >= 4 is 40.5 Å². The van der Waals surface area contributed by atoms with Crippen LogP contribution in [0.2, 0.25) is 15.3 Å². The molecule has 0 saturated heterocycles. The van der Waals surface area contributed by atoms with E-state index in [1.165, 1.54) is 0 Å². The van der Waals surface area contributed by atoms with E-state index in [9.17, 15) is 0 Å². The molecule has 0 aliphatic rings. The van der Waals surface area contributed by atoms with Crippen molar-refractivity contribution < 1.29 is 0 Å². The molecule has 0 fully saturated rings. The second-order valence-electron chi connectivity index (χ2n) is 2.34. The number of hydrogen-bond acceptors (Lipinski definition) is 3. The standard InChI is InChI=1S/C6H6Cl3N3/c1-12(2)4-3(7)5(8)10-11-6(4)9/h1-2H3. The Hall–Kier alpha value is -0.250. The summed E-state index contributed by atoms with van der Waals surface area (Å²) in [7, 11) is 3.59. The van der Waals surface area contributed by atoms with Crippen molar-refractivity contribution in [2.45, 2.75) is 0 Å². The van der Waals surface area contributed by atoms with Gasteiger partial charge in [-0.15, -0.1) is 10.2 Å². The molecule has 0 spiro atoms. The SMILES string of the molecule is CN(C)c1c(Cl)nnc(Cl)c1Cl. The Balaban J connectivity index is 3.33. The fourth-order valence-corrected chi connectivity index (χ4v) is 1.52. The van der Waals surface area contributed by atoms with Crippen LogP contribution in [0.5, 0.6) is 0 Å². The van der Waals surface area contributed by atoms with Gasteiger partial charge in [0.2, 0.25) is 0 Å². The van der Waals surface area contributed by atoms with Crippen molar-refractivity contribution in [2.75, 3.05) is 19.0 Å². The molecule has 66 valence electrons. The molecule has 0 aliphatic heterocycles. The van der Waals surface area contributed by atoms with Crippen molar-refractivity contribution in [2.24, 2.45) is 0 Å². The molecule has 0 unspecified atom stereocenters. The topological polar surface area (TPSA) is 29.0 Å². The third kappa shape index (κ3) is 1.73. The predicted molar refractivity (Wildman–Crippen MR) is 51.4 cm³/mol. The lowest BCUT2D eigenvalue weighted by atomic mass is 10.4. The van der Waals surface area contributed by atoms with Gasteiger partial charge in [0.05, 0.1) is 5.69 Å². The normalized spacial score (nSPS) is 10.1. The van der Waals surface area contributed by atoms with Crippen LogP contribution in [-0.4, -0.2) is 24.3 Å². The van der Waals surface area contributed by atoms with Gasteiger partial charge in [-0.1, -0.05) is 34.8 Å². The van der Waals surface area contributed by atoms with Crippen LogP contribution in [0, 0.1) is 0 Å². The van der Waals surface area contributed by atoms with Gasteiger partial charge >= 0.3 is 0 Å². The largest absolute Gasteiger partial charge is 0.374 e. The maximum atomic E-state index is 5.83. The lowest BCUT2D eigenvalue weighted by Gasteiger charge is -2.14. The summed E-state index contributed by atoms with van der Waals surface area (Å²) in [5, 5.41) is 7.89. The smallest absolute Gasteiger partial charge is 0.176 e. The number of anilines is 1. The van der Waals surface area contributed by atoms with Gasteiger partial charge in [-0.05, 0) is 0 Å². The van der Waals surface area contributed by atoms with Gasteiger partial charge in [0.15, 0.2) is 10.3 Å². The Labute approximate surface area is 85.2 Å². The van der Waals surface area contributed by atoms with Crippen molar-refractivity contribution in [3.8, 4) is 0 Å². The molecule has 0 aliphatic carbocycles. The zero-order valence-electron chi connectivity index (χ0n) is 6.48. The minimum absolute atomic E-state index is 0.157. The van der Waals surface area contributed by atoms with Gasteiger partial charge in [-0.2, -0.15) is 0 Å². The Morgan fingerprint density at radius 3 is 1.92 bits per heavy atom. The number of rotatable bonds is 1. The highest BCUT2D eigenvalue weighted by molar-refractivity contribution is 6.44. The molecule has 0 radical (unpaired) electrons. The molecule has 3 nitrogen and oxygen atoms in total. The Kier molecular flexibility index (Phi) is 2.99. The van der Waals surface area contributed by atoms with Crippen molar-refractivity contribution in [1.82, 2.24) is 10.2 Å². The number of hydrogen-bond donors (Lipinski definition) is 0. The summed E-state index contributed by atoms with van der Waals surface area (Å²) in [6.45, 7) is 0. The third-order valence-electron chi connectivity index (χ3n) is 1.26. The van der Waals surface area contributed by atoms with Crippen molar-refractivity contribution in [3.05, 3.63) is 15.3 Å². The molecule has 0 atom stereocenters. The lowest BCUT2D eigenvalue weighted by Crippen LogP contribution is -2.11. The monoisotopic (exact) mass is 225 g/mol. The van der Waals surface area contributed by atoms with Crippen LogP contribution < -0.4 is 4.90 Å². The molecule has 1 aromatic heterocycles. The summed E-state index contributed by atoms with van der Waals surface area (Å²) in [5.74, 6) is 0. The quantitative estimate of drug-likeness (QED) is 0.737. The van der Waals surface area contributed by atoms with Crippen LogP contribution in [0.1, 0.15) is 0 Å². The lowest BCUT2D eigenvalue weighted by molar-refractivity contribution is 1.00. The molecule has 0 N–H and O–H groups in total. The zero-order chi connectivity index (χ0) is 9.30. The summed E-state index contributed by atoms with van der Waals surface area (Å²) in [5.41, 5.74) is 0.582. The predicted octanol–water partition coefficient (Wildman–Crippen LogP) is 2.50. The van der Waals surface area contributed by atoms with Crippen LogP contribution in [0.25, 0.3) is 0 Å². The van der Waals surface area contributed by atoms with Gasteiger partial charge < -0.3 is 4.90 Å². The van der Waals surface area contributed by atoms with Crippen LogP contribution >= 0.6 is 34.8 Å². The van der Waals surface area contributed by atoms with Crippen molar-refractivity contribution in [3.63, 3.8) is 0 Å². The van der Waals surface area contributed by atoms with Crippen molar-refractivity contribution in [1.29, 1.82) is 0 Å². The molecule has 0 saturated carbocycles. The highest BCUT2D eigenvalue weighted by Crippen LogP contribution is 2.34. The number of nitrogens with zero attached hydrogens (tertiary/aromatic N) is 3. The summed E-state index contributed by atoms with van der Waals surface area (Å²) < 4.78 is 0. The first kappa shape index (κ1) is 9.84. The summed E-state index contributed by atoms with van der Waals surface area (Å²) >= 11 is 17.2.